The van der Waals surface area contributed by atoms with Gasteiger partial charge in [-0.3, -0.25) is 4.79 Å². The molecule has 0 atom stereocenters. The first-order chi connectivity index (χ1) is 12.6. The number of nitrogens with one attached hydrogen (secondary N) is 2. The number of ether oxygens (including phenoxy) is 1. The number of hydrogen-bond donors (Lipinski definition) is 2. The van der Waals surface area contributed by atoms with Gasteiger partial charge in [0.05, 0.1) is 17.4 Å². The molecule has 0 aliphatic rings. The zero-order valence-corrected chi connectivity index (χ0v) is 14.9. The molecule has 3 aromatic rings. The van der Waals surface area contributed by atoms with Crippen molar-refractivity contribution in [2.45, 2.75) is 20.0 Å². The van der Waals surface area contributed by atoms with Crippen molar-refractivity contribution in [1.29, 1.82) is 0 Å². The Hall–Kier alpha value is -3.27. The summed E-state index contributed by atoms with van der Waals surface area (Å²) in [6.45, 7) is 3.94. The number of benzene rings is 3. The Kier molecular flexibility index (Phi) is 5.54. The Labute approximate surface area is 153 Å². The van der Waals surface area contributed by atoms with E-state index in [0.29, 0.717) is 11.3 Å². The van der Waals surface area contributed by atoms with Crippen molar-refractivity contribution in [1.82, 2.24) is 0 Å². The highest BCUT2D eigenvalue weighted by Crippen LogP contribution is 2.23. The number of hydrogen-bond acceptors (Lipinski definition) is 3. The van der Waals surface area contributed by atoms with Crippen LogP contribution in [0.2, 0.25) is 0 Å². The molecule has 0 aliphatic carbocycles. The van der Waals surface area contributed by atoms with Gasteiger partial charge in [0, 0.05) is 17.4 Å². The third kappa shape index (κ3) is 4.63. The van der Waals surface area contributed by atoms with Crippen LogP contribution in [0.15, 0.2) is 78.9 Å². The highest BCUT2D eigenvalue weighted by Gasteiger charge is 2.12. The topological polar surface area (TPSA) is 50.4 Å². The lowest BCUT2D eigenvalue weighted by Gasteiger charge is -2.14. The van der Waals surface area contributed by atoms with Crippen LogP contribution in [0.5, 0.6) is 5.75 Å². The van der Waals surface area contributed by atoms with E-state index in [-0.39, 0.29) is 12.0 Å². The summed E-state index contributed by atoms with van der Waals surface area (Å²) in [7, 11) is 0. The summed E-state index contributed by atoms with van der Waals surface area (Å²) in [5.41, 5.74) is 2.96. The molecule has 0 spiro atoms. The number of anilines is 3. The lowest BCUT2D eigenvalue weighted by atomic mass is 10.1. The summed E-state index contributed by atoms with van der Waals surface area (Å²) in [4.78, 5) is 12.8. The molecule has 0 aliphatic heterocycles. The van der Waals surface area contributed by atoms with Crippen LogP contribution in [-0.4, -0.2) is 12.0 Å². The Morgan fingerprint density at radius 1 is 0.846 bits per heavy atom. The minimum Gasteiger partial charge on any atom is -0.491 e. The average Bonchev–Trinajstić information content (AvgIpc) is 2.63. The molecular weight excluding hydrogens is 324 g/mol. The van der Waals surface area contributed by atoms with E-state index in [2.05, 4.69) is 10.6 Å². The van der Waals surface area contributed by atoms with Crippen molar-refractivity contribution in [2.24, 2.45) is 0 Å². The Balaban J connectivity index is 1.78. The van der Waals surface area contributed by atoms with Crippen LogP contribution in [0.4, 0.5) is 17.1 Å². The van der Waals surface area contributed by atoms with Crippen LogP contribution < -0.4 is 15.4 Å². The van der Waals surface area contributed by atoms with E-state index in [9.17, 15) is 4.79 Å². The van der Waals surface area contributed by atoms with Gasteiger partial charge in [-0.2, -0.15) is 0 Å². The van der Waals surface area contributed by atoms with Gasteiger partial charge in [-0.1, -0.05) is 36.4 Å². The van der Waals surface area contributed by atoms with Gasteiger partial charge in [0.15, 0.2) is 0 Å². The van der Waals surface area contributed by atoms with E-state index in [1.807, 2.05) is 86.6 Å². The number of carbonyl (C=O) groups is 1. The predicted octanol–water partition coefficient (Wildman–Crippen LogP) is 5.47. The predicted molar refractivity (Wildman–Crippen MR) is 106 cm³/mol. The fraction of sp³-hybridized carbons (Fsp3) is 0.136. The van der Waals surface area contributed by atoms with E-state index in [0.717, 1.165) is 17.1 Å². The zero-order valence-electron chi connectivity index (χ0n) is 14.9. The van der Waals surface area contributed by atoms with Gasteiger partial charge in [0.2, 0.25) is 0 Å². The first-order valence-corrected chi connectivity index (χ1v) is 8.61. The third-order valence-electron chi connectivity index (χ3n) is 3.69. The summed E-state index contributed by atoms with van der Waals surface area (Å²) in [6, 6.07) is 24.6. The van der Waals surface area contributed by atoms with Crippen LogP contribution in [0.3, 0.4) is 0 Å². The van der Waals surface area contributed by atoms with Crippen LogP contribution >= 0.6 is 0 Å². The third-order valence-corrected chi connectivity index (χ3v) is 3.69. The molecule has 0 unspecified atom stereocenters. The summed E-state index contributed by atoms with van der Waals surface area (Å²) in [5.74, 6) is 0.555. The molecule has 2 N–H and O–H groups in total. The normalized spacial score (nSPS) is 10.4. The van der Waals surface area contributed by atoms with Gasteiger partial charge in [-0.25, -0.2) is 0 Å². The average molecular weight is 346 g/mol. The summed E-state index contributed by atoms with van der Waals surface area (Å²) in [5, 5.41) is 6.23. The zero-order chi connectivity index (χ0) is 18.4. The highest BCUT2D eigenvalue weighted by atomic mass is 16.5. The van der Waals surface area contributed by atoms with Gasteiger partial charge in [-0.15, -0.1) is 0 Å². The van der Waals surface area contributed by atoms with Gasteiger partial charge in [-0.05, 0) is 50.2 Å². The second-order valence-electron chi connectivity index (χ2n) is 6.19. The Morgan fingerprint density at radius 3 is 2.31 bits per heavy atom. The standard InChI is InChI=1S/C22H22N2O2/c1-16(2)26-19-12-8-11-18(15-19)24-22(25)20-13-6-7-14-21(20)23-17-9-4-3-5-10-17/h3-16,23H,1-2H3,(H,24,25). The SMILES string of the molecule is CC(C)Oc1cccc(NC(=O)c2ccccc2Nc2ccccc2)c1. The maximum Gasteiger partial charge on any atom is 0.257 e. The van der Waals surface area contributed by atoms with Crippen molar-refractivity contribution in [3.63, 3.8) is 0 Å². The lowest BCUT2D eigenvalue weighted by molar-refractivity contribution is 0.102. The van der Waals surface area contributed by atoms with E-state index in [1.54, 1.807) is 6.07 Å². The number of amides is 1. The molecule has 3 aromatic carbocycles. The van der Waals surface area contributed by atoms with Gasteiger partial charge < -0.3 is 15.4 Å². The molecule has 26 heavy (non-hydrogen) atoms. The maximum atomic E-state index is 12.8. The molecule has 0 saturated carbocycles. The lowest BCUT2D eigenvalue weighted by Crippen LogP contribution is -2.14. The van der Waals surface area contributed by atoms with Crippen molar-refractivity contribution in [2.75, 3.05) is 10.6 Å². The first kappa shape index (κ1) is 17.5. The first-order valence-electron chi connectivity index (χ1n) is 8.61. The fourth-order valence-corrected chi connectivity index (χ4v) is 2.58. The van der Waals surface area contributed by atoms with Gasteiger partial charge in [0.25, 0.3) is 5.91 Å². The summed E-state index contributed by atoms with van der Waals surface area (Å²) >= 11 is 0. The van der Waals surface area contributed by atoms with E-state index in [1.165, 1.54) is 0 Å². The van der Waals surface area contributed by atoms with Crippen LogP contribution in [-0.2, 0) is 0 Å². The number of carbonyl (C=O) groups excluding carboxylic acids is 1. The molecule has 0 saturated heterocycles. The van der Waals surface area contributed by atoms with E-state index in [4.69, 9.17) is 4.74 Å². The van der Waals surface area contributed by atoms with Crippen LogP contribution in [0, 0.1) is 0 Å². The van der Waals surface area contributed by atoms with Crippen molar-refractivity contribution >= 4 is 23.0 Å². The minimum atomic E-state index is -0.175. The molecule has 132 valence electrons. The maximum absolute atomic E-state index is 12.8. The van der Waals surface area contributed by atoms with Crippen molar-refractivity contribution in [3.05, 3.63) is 84.4 Å². The Bertz CT molecular complexity index is 876. The highest BCUT2D eigenvalue weighted by molar-refractivity contribution is 6.08. The second-order valence-corrected chi connectivity index (χ2v) is 6.19. The monoisotopic (exact) mass is 346 g/mol. The molecule has 4 heteroatoms. The molecule has 0 aromatic heterocycles. The van der Waals surface area contributed by atoms with Crippen LogP contribution in [0.25, 0.3) is 0 Å². The molecular formula is C22H22N2O2. The largest absolute Gasteiger partial charge is 0.491 e. The molecule has 0 heterocycles. The quantitative estimate of drug-likeness (QED) is 0.622. The molecule has 1 amide bonds. The van der Waals surface area contributed by atoms with Crippen molar-refractivity contribution < 1.29 is 9.53 Å². The smallest absolute Gasteiger partial charge is 0.257 e. The fourth-order valence-electron chi connectivity index (χ4n) is 2.58. The van der Waals surface area contributed by atoms with E-state index < -0.39 is 0 Å². The van der Waals surface area contributed by atoms with Crippen LogP contribution in [0.1, 0.15) is 24.2 Å². The molecule has 3 rings (SSSR count). The molecule has 0 bridgehead atoms. The summed E-state index contributed by atoms with van der Waals surface area (Å²) < 4.78 is 5.68. The Morgan fingerprint density at radius 2 is 1.54 bits per heavy atom. The molecule has 0 radical (unpaired) electrons. The summed E-state index contributed by atoms with van der Waals surface area (Å²) in [6.07, 6.45) is 0.0803. The molecule has 4 nitrogen and oxygen atoms in total. The van der Waals surface area contributed by atoms with Gasteiger partial charge >= 0.3 is 0 Å². The minimum absolute atomic E-state index is 0.0803. The second kappa shape index (κ2) is 8.21. The number of rotatable bonds is 6. The number of para-hydroxylation sites is 2. The molecule has 0 fully saturated rings. The van der Waals surface area contributed by atoms with Gasteiger partial charge in [0.1, 0.15) is 5.75 Å². The van der Waals surface area contributed by atoms with Crippen molar-refractivity contribution in [3.8, 4) is 5.75 Å². The van der Waals surface area contributed by atoms with E-state index >= 15 is 0 Å².